The fraction of sp³-hybridized carbons (Fsp3) is 0.474. The molecule has 2 aromatic rings. The summed E-state index contributed by atoms with van der Waals surface area (Å²) in [4.78, 5) is 28.2. The van der Waals surface area contributed by atoms with Crippen molar-refractivity contribution in [1.82, 2.24) is 20.0 Å². The van der Waals surface area contributed by atoms with E-state index >= 15 is 0 Å². The first-order chi connectivity index (χ1) is 12.1. The van der Waals surface area contributed by atoms with Gasteiger partial charge >= 0.3 is 0 Å². The molecule has 1 saturated heterocycles. The molecule has 6 heteroatoms. The molecule has 1 aromatic heterocycles. The quantitative estimate of drug-likeness (QED) is 0.887. The fourth-order valence-corrected chi connectivity index (χ4v) is 4.23. The lowest BCUT2D eigenvalue weighted by Gasteiger charge is -2.40. The van der Waals surface area contributed by atoms with Crippen LogP contribution in [0.15, 0.2) is 35.1 Å². The van der Waals surface area contributed by atoms with Crippen molar-refractivity contribution in [3.05, 3.63) is 57.5 Å². The minimum atomic E-state index is -0.272. The van der Waals surface area contributed by atoms with E-state index in [0.717, 1.165) is 38.8 Å². The Morgan fingerprint density at radius 2 is 1.92 bits per heavy atom. The highest BCUT2D eigenvalue weighted by Crippen LogP contribution is 2.28. The molecule has 25 heavy (non-hydrogen) atoms. The minimum absolute atomic E-state index is 0.125. The maximum Gasteiger partial charge on any atom is 0.271 e. The minimum Gasteiger partial charge on any atom is -0.336 e. The molecule has 2 N–H and O–H groups in total. The third-order valence-corrected chi connectivity index (χ3v) is 5.67. The highest BCUT2D eigenvalue weighted by molar-refractivity contribution is 5.92. The van der Waals surface area contributed by atoms with Gasteiger partial charge in [-0.15, -0.1) is 0 Å². The summed E-state index contributed by atoms with van der Waals surface area (Å²) >= 11 is 0. The van der Waals surface area contributed by atoms with Gasteiger partial charge in [-0.3, -0.25) is 24.7 Å². The van der Waals surface area contributed by atoms with Gasteiger partial charge in [0.1, 0.15) is 5.69 Å². The molecule has 2 heterocycles. The largest absolute Gasteiger partial charge is 0.336 e. The number of aromatic nitrogens is 2. The van der Waals surface area contributed by atoms with E-state index in [0.29, 0.717) is 11.7 Å². The Balaban J connectivity index is 1.43. The van der Waals surface area contributed by atoms with Crippen molar-refractivity contribution in [2.24, 2.45) is 0 Å². The first-order valence-corrected chi connectivity index (χ1v) is 8.97. The van der Waals surface area contributed by atoms with Crippen LogP contribution in [0.1, 0.15) is 34.5 Å². The number of benzene rings is 1. The number of amides is 1. The summed E-state index contributed by atoms with van der Waals surface area (Å²) in [6.45, 7) is 1.99. The lowest BCUT2D eigenvalue weighted by Crippen LogP contribution is -2.51. The van der Waals surface area contributed by atoms with Crippen molar-refractivity contribution >= 4 is 5.91 Å². The van der Waals surface area contributed by atoms with E-state index in [1.54, 1.807) is 4.90 Å². The molecule has 4 rings (SSSR count). The summed E-state index contributed by atoms with van der Waals surface area (Å²) in [6, 6.07) is 10.7. The van der Waals surface area contributed by atoms with Gasteiger partial charge in [-0.2, -0.15) is 0 Å². The maximum atomic E-state index is 12.6. The summed E-state index contributed by atoms with van der Waals surface area (Å²) in [7, 11) is 1.84. The van der Waals surface area contributed by atoms with E-state index < -0.39 is 0 Å². The average Bonchev–Trinajstić information content (AvgIpc) is 3.26. The molecule has 1 atom stereocenters. The molecule has 1 amide bonds. The van der Waals surface area contributed by atoms with E-state index in [1.807, 2.05) is 7.05 Å². The highest BCUT2D eigenvalue weighted by Gasteiger charge is 2.33. The molecule has 1 unspecified atom stereocenters. The number of aromatic amines is 2. The normalized spacial score (nSPS) is 21.2. The number of H-pyrrole nitrogens is 2. The maximum absolute atomic E-state index is 12.6. The topological polar surface area (TPSA) is 72.2 Å². The lowest BCUT2D eigenvalue weighted by molar-refractivity contribution is 0.0550. The Hall–Kier alpha value is -2.34. The van der Waals surface area contributed by atoms with Crippen LogP contribution in [0.4, 0.5) is 0 Å². The van der Waals surface area contributed by atoms with Gasteiger partial charge in [0.25, 0.3) is 11.5 Å². The Labute approximate surface area is 146 Å². The van der Waals surface area contributed by atoms with Gasteiger partial charge in [-0.1, -0.05) is 24.3 Å². The number of rotatable bonds is 3. The van der Waals surface area contributed by atoms with Crippen LogP contribution in [0.5, 0.6) is 0 Å². The van der Waals surface area contributed by atoms with Gasteiger partial charge in [-0.25, -0.2) is 0 Å². The summed E-state index contributed by atoms with van der Waals surface area (Å²) in [5.41, 5.74) is 2.98. The second kappa shape index (κ2) is 6.52. The van der Waals surface area contributed by atoms with Crippen LogP contribution in [0.2, 0.25) is 0 Å². The molecule has 6 nitrogen and oxygen atoms in total. The van der Waals surface area contributed by atoms with Crippen LogP contribution in [-0.2, 0) is 12.8 Å². The summed E-state index contributed by atoms with van der Waals surface area (Å²) in [5, 5.41) is 5.09. The second-order valence-corrected chi connectivity index (χ2v) is 7.21. The van der Waals surface area contributed by atoms with Crippen LogP contribution in [0.3, 0.4) is 0 Å². The Kier molecular flexibility index (Phi) is 4.21. The van der Waals surface area contributed by atoms with Gasteiger partial charge in [0, 0.05) is 31.7 Å². The van der Waals surface area contributed by atoms with E-state index in [2.05, 4.69) is 39.4 Å². The molecule has 1 aliphatic heterocycles. The molecule has 1 aliphatic carbocycles. The highest BCUT2D eigenvalue weighted by atomic mass is 16.2. The number of nitrogens with zero attached hydrogens (tertiary/aromatic N) is 2. The molecule has 2 aliphatic rings. The average molecular weight is 340 g/mol. The molecule has 0 radical (unpaired) electrons. The van der Waals surface area contributed by atoms with Gasteiger partial charge in [-0.05, 0) is 43.4 Å². The monoisotopic (exact) mass is 340 g/mol. The van der Waals surface area contributed by atoms with E-state index in [4.69, 9.17) is 0 Å². The predicted octanol–water partition coefficient (Wildman–Crippen LogP) is 1.41. The van der Waals surface area contributed by atoms with Crippen LogP contribution in [-0.4, -0.2) is 58.1 Å². The fourth-order valence-electron chi connectivity index (χ4n) is 4.23. The third kappa shape index (κ3) is 3.14. The standard InChI is InChI=1S/C19H24N4O2/c1-22(19(25)17-11-18(24)21-20-17)15-7-4-8-23(12-15)16-9-13-5-2-3-6-14(13)10-16/h2-3,5-6,11,15-16H,4,7-10,12H2,1H3,(H2,20,21,24). The Morgan fingerprint density at radius 3 is 2.56 bits per heavy atom. The van der Waals surface area contributed by atoms with Crippen molar-refractivity contribution in [3.63, 3.8) is 0 Å². The van der Waals surface area contributed by atoms with Gasteiger partial charge < -0.3 is 4.90 Å². The second-order valence-electron chi connectivity index (χ2n) is 7.21. The summed E-state index contributed by atoms with van der Waals surface area (Å²) in [5.74, 6) is -0.125. The van der Waals surface area contributed by atoms with Crippen molar-refractivity contribution in [2.45, 2.75) is 37.8 Å². The van der Waals surface area contributed by atoms with Crippen molar-refractivity contribution < 1.29 is 4.79 Å². The van der Waals surface area contributed by atoms with Crippen LogP contribution in [0, 0.1) is 0 Å². The predicted molar refractivity (Wildman–Crippen MR) is 95.7 cm³/mol. The van der Waals surface area contributed by atoms with Crippen molar-refractivity contribution in [1.29, 1.82) is 0 Å². The number of nitrogens with one attached hydrogen (secondary N) is 2. The number of fused-ring (bicyclic) bond motifs is 1. The first kappa shape index (κ1) is 16.1. The van der Waals surface area contributed by atoms with Crippen LogP contribution in [0.25, 0.3) is 0 Å². The molecule has 1 aromatic carbocycles. The number of piperidine rings is 1. The molecule has 0 bridgehead atoms. The number of hydrogen-bond donors (Lipinski definition) is 2. The summed E-state index contributed by atoms with van der Waals surface area (Å²) in [6.07, 6.45) is 4.31. The molecule has 0 spiro atoms. The van der Waals surface area contributed by atoms with E-state index in [-0.39, 0.29) is 17.5 Å². The number of likely N-dealkylation sites (tertiary alicyclic amines) is 1. The molecule has 1 fully saturated rings. The zero-order valence-corrected chi connectivity index (χ0v) is 14.5. The summed E-state index contributed by atoms with van der Waals surface area (Å²) < 4.78 is 0. The SMILES string of the molecule is CN(C(=O)c1cc(=O)[nH][nH]1)C1CCCN(C2Cc3ccccc3C2)C1. The zero-order valence-electron chi connectivity index (χ0n) is 14.5. The van der Waals surface area contributed by atoms with Gasteiger partial charge in [0.15, 0.2) is 0 Å². The first-order valence-electron chi connectivity index (χ1n) is 8.97. The van der Waals surface area contributed by atoms with Gasteiger partial charge in [0.2, 0.25) is 0 Å². The molecular weight excluding hydrogens is 316 g/mol. The van der Waals surface area contributed by atoms with Gasteiger partial charge in [0.05, 0.1) is 0 Å². The molecule has 0 saturated carbocycles. The number of hydrogen-bond acceptors (Lipinski definition) is 3. The zero-order chi connectivity index (χ0) is 17.4. The smallest absolute Gasteiger partial charge is 0.271 e. The van der Waals surface area contributed by atoms with Crippen molar-refractivity contribution in [2.75, 3.05) is 20.1 Å². The third-order valence-electron chi connectivity index (χ3n) is 5.67. The molecular formula is C19H24N4O2. The van der Waals surface area contributed by atoms with Crippen molar-refractivity contribution in [3.8, 4) is 0 Å². The number of carbonyl (C=O) groups excluding carboxylic acids is 1. The van der Waals surface area contributed by atoms with Crippen LogP contribution < -0.4 is 5.56 Å². The van der Waals surface area contributed by atoms with Crippen LogP contribution >= 0.6 is 0 Å². The number of likely N-dealkylation sites (N-methyl/N-ethyl adjacent to an activating group) is 1. The Morgan fingerprint density at radius 1 is 1.20 bits per heavy atom. The van der Waals surface area contributed by atoms with E-state index in [1.165, 1.54) is 17.2 Å². The lowest BCUT2D eigenvalue weighted by atomic mass is 10.0. The molecule has 132 valence electrons. The van der Waals surface area contributed by atoms with E-state index in [9.17, 15) is 9.59 Å². The Bertz CT molecular complexity index is 800. The number of carbonyl (C=O) groups is 1.